The zero-order valence-electron chi connectivity index (χ0n) is 9.49. The van der Waals surface area contributed by atoms with E-state index in [0.717, 1.165) is 12.1 Å². The summed E-state index contributed by atoms with van der Waals surface area (Å²) in [6.45, 7) is 6.24. The van der Waals surface area contributed by atoms with Crippen LogP contribution in [-0.2, 0) is 0 Å². The maximum absolute atomic E-state index is 9.64. The molecule has 2 N–H and O–H groups in total. The highest BCUT2D eigenvalue weighted by Gasteiger charge is 2.47. The lowest BCUT2D eigenvalue weighted by Crippen LogP contribution is -2.56. The zero-order valence-corrected chi connectivity index (χ0v) is 9.49. The Morgan fingerprint density at radius 1 is 1.53 bits per heavy atom. The number of rotatable bonds is 2. The fourth-order valence-electron chi connectivity index (χ4n) is 1.95. The molecule has 0 radical (unpaired) electrons. The summed E-state index contributed by atoms with van der Waals surface area (Å²) in [6.07, 6.45) is 4.27. The Bertz CT molecular complexity index is 362. The molecule has 1 fully saturated rings. The standard InChI is InChI=1S/C12H18N2O/c1-8-4-5-13-7-9(8)14-10-6-11(15)12(10,2)3/h4-5,7,10-11,14-15H,6H2,1-3H3. The predicted molar refractivity (Wildman–Crippen MR) is 60.8 cm³/mol. The van der Waals surface area contributed by atoms with Crippen LogP contribution in [0.3, 0.4) is 0 Å². The molecule has 2 rings (SSSR count). The smallest absolute Gasteiger partial charge is 0.0630 e. The fourth-order valence-corrected chi connectivity index (χ4v) is 1.95. The summed E-state index contributed by atoms with van der Waals surface area (Å²) in [7, 11) is 0. The molecule has 1 aromatic heterocycles. The average molecular weight is 206 g/mol. The molecule has 1 aliphatic rings. The first-order chi connectivity index (χ1) is 7.01. The summed E-state index contributed by atoms with van der Waals surface area (Å²) in [5, 5.41) is 13.1. The van der Waals surface area contributed by atoms with Crippen molar-refractivity contribution in [2.45, 2.75) is 39.3 Å². The van der Waals surface area contributed by atoms with Gasteiger partial charge in [-0.05, 0) is 25.0 Å². The SMILES string of the molecule is Cc1ccncc1NC1CC(O)C1(C)C. The molecule has 1 heterocycles. The van der Waals surface area contributed by atoms with Gasteiger partial charge < -0.3 is 10.4 Å². The molecule has 0 spiro atoms. The van der Waals surface area contributed by atoms with E-state index in [4.69, 9.17) is 0 Å². The van der Waals surface area contributed by atoms with E-state index in [9.17, 15) is 5.11 Å². The van der Waals surface area contributed by atoms with Gasteiger partial charge in [-0.15, -0.1) is 0 Å². The summed E-state index contributed by atoms with van der Waals surface area (Å²) in [4.78, 5) is 4.10. The topological polar surface area (TPSA) is 45.2 Å². The number of aliphatic hydroxyl groups is 1. The van der Waals surface area contributed by atoms with Gasteiger partial charge in [0.25, 0.3) is 0 Å². The number of pyridine rings is 1. The molecule has 3 heteroatoms. The Kier molecular flexibility index (Phi) is 2.43. The van der Waals surface area contributed by atoms with Crippen molar-refractivity contribution >= 4 is 5.69 Å². The minimum Gasteiger partial charge on any atom is -0.392 e. The lowest BCUT2D eigenvalue weighted by Gasteiger charge is -2.50. The fraction of sp³-hybridized carbons (Fsp3) is 0.583. The van der Waals surface area contributed by atoms with Crippen LogP contribution in [-0.4, -0.2) is 22.2 Å². The van der Waals surface area contributed by atoms with E-state index < -0.39 is 0 Å². The van der Waals surface area contributed by atoms with E-state index in [-0.39, 0.29) is 11.5 Å². The number of nitrogens with one attached hydrogen (secondary N) is 1. The Balaban J connectivity index is 2.08. The molecule has 0 aromatic carbocycles. The van der Waals surface area contributed by atoms with Crippen LogP contribution in [0.5, 0.6) is 0 Å². The molecule has 3 nitrogen and oxygen atoms in total. The van der Waals surface area contributed by atoms with E-state index >= 15 is 0 Å². The van der Waals surface area contributed by atoms with Crippen LogP contribution >= 0.6 is 0 Å². The largest absolute Gasteiger partial charge is 0.392 e. The molecule has 15 heavy (non-hydrogen) atoms. The van der Waals surface area contributed by atoms with Crippen LogP contribution in [0.15, 0.2) is 18.5 Å². The first kappa shape index (κ1) is 10.4. The normalized spacial score (nSPS) is 28.3. The van der Waals surface area contributed by atoms with Crippen molar-refractivity contribution in [3.63, 3.8) is 0 Å². The highest BCUT2D eigenvalue weighted by atomic mass is 16.3. The minimum absolute atomic E-state index is 0.0394. The van der Waals surface area contributed by atoms with Crippen molar-refractivity contribution in [2.75, 3.05) is 5.32 Å². The first-order valence-electron chi connectivity index (χ1n) is 5.37. The summed E-state index contributed by atoms with van der Waals surface area (Å²) in [5.74, 6) is 0. The van der Waals surface area contributed by atoms with Gasteiger partial charge in [-0.1, -0.05) is 13.8 Å². The quantitative estimate of drug-likeness (QED) is 0.777. The average Bonchev–Trinajstić information content (AvgIpc) is 2.20. The molecule has 0 amide bonds. The van der Waals surface area contributed by atoms with Crippen LogP contribution in [0, 0.1) is 12.3 Å². The number of hydrogen-bond acceptors (Lipinski definition) is 3. The van der Waals surface area contributed by atoms with Crippen LogP contribution in [0.4, 0.5) is 5.69 Å². The number of nitrogens with zero attached hydrogens (tertiary/aromatic N) is 1. The van der Waals surface area contributed by atoms with Crippen molar-refractivity contribution in [3.8, 4) is 0 Å². The number of anilines is 1. The number of aliphatic hydroxyl groups excluding tert-OH is 1. The van der Waals surface area contributed by atoms with Gasteiger partial charge in [0.15, 0.2) is 0 Å². The first-order valence-corrected chi connectivity index (χ1v) is 5.37. The predicted octanol–water partition coefficient (Wildman–Crippen LogP) is 1.96. The van der Waals surface area contributed by atoms with Crippen LogP contribution in [0.25, 0.3) is 0 Å². The molecule has 82 valence electrons. The van der Waals surface area contributed by atoms with Crippen LogP contribution in [0.2, 0.25) is 0 Å². The molecule has 1 aromatic rings. The second-order valence-electron chi connectivity index (χ2n) is 4.96. The van der Waals surface area contributed by atoms with Gasteiger partial charge in [0.1, 0.15) is 0 Å². The number of hydrogen-bond donors (Lipinski definition) is 2. The number of aryl methyl sites for hydroxylation is 1. The maximum Gasteiger partial charge on any atom is 0.0630 e. The Morgan fingerprint density at radius 2 is 2.27 bits per heavy atom. The third-order valence-corrected chi connectivity index (χ3v) is 3.58. The molecule has 1 saturated carbocycles. The van der Waals surface area contributed by atoms with Gasteiger partial charge in [0.05, 0.1) is 18.0 Å². The van der Waals surface area contributed by atoms with Crippen molar-refractivity contribution < 1.29 is 5.11 Å². The molecule has 0 saturated heterocycles. The molecule has 1 aliphatic carbocycles. The van der Waals surface area contributed by atoms with Crippen molar-refractivity contribution in [1.82, 2.24) is 4.98 Å². The van der Waals surface area contributed by atoms with Crippen molar-refractivity contribution in [3.05, 3.63) is 24.0 Å². The monoisotopic (exact) mass is 206 g/mol. The minimum atomic E-state index is -0.188. The Labute approximate surface area is 90.5 Å². The third kappa shape index (κ3) is 1.72. The molecule has 2 unspecified atom stereocenters. The van der Waals surface area contributed by atoms with Crippen molar-refractivity contribution in [1.29, 1.82) is 0 Å². The van der Waals surface area contributed by atoms with E-state index in [0.29, 0.717) is 6.04 Å². The lowest BCUT2D eigenvalue weighted by atomic mass is 9.64. The summed E-state index contributed by atoms with van der Waals surface area (Å²) < 4.78 is 0. The van der Waals surface area contributed by atoms with Gasteiger partial charge >= 0.3 is 0 Å². The summed E-state index contributed by atoms with van der Waals surface area (Å²) >= 11 is 0. The highest BCUT2D eigenvalue weighted by Crippen LogP contribution is 2.42. The van der Waals surface area contributed by atoms with Gasteiger partial charge in [0.2, 0.25) is 0 Å². The van der Waals surface area contributed by atoms with Gasteiger partial charge in [-0.25, -0.2) is 0 Å². The van der Waals surface area contributed by atoms with E-state index in [2.05, 4.69) is 31.1 Å². The van der Waals surface area contributed by atoms with Gasteiger partial charge in [-0.2, -0.15) is 0 Å². The molecular formula is C12H18N2O. The second-order valence-corrected chi connectivity index (χ2v) is 4.96. The Morgan fingerprint density at radius 3 is 2.80 bits per heavy atom. The third-order valence-electron chi connectivity index (χ3n) is 3.58. The maximum atomic E-state index is 9.64. The van der Waals surface area contributed by atoms with Gasteiger partial charge in [0, 0.05) is 17.7 Å². The van der Waals surface area contributed by atoms with Crippen LogP contribution in [0.1, 0.15) is 25.8 Å². The van der Waals surface area contributed by atoms with E-state index in [1.807, 2.05) is 12.3 Å². The molecule has 0 bridgehead atoms. The number of aromatic nitrogens is 1. The Hall–Kier alpha value is -1.09. The molecule has 2 atom stereocenters. The second kappa shape index (κ2) is 3.49. The lowest BCUT2D eigenvalue weighted by molar-refractivity contribution is -0.0510. The zero-order chi connectivity index (χ0) is 11.1. The van der Waals surface area contributed by atoms with Crippen LogP contribution < -0.4 is 5.32 Å². The van der Waals surface area contributed by atoms with E-state index in [1.54, 1.807) is 6.20 Å². The van der Waals surface area contributed by atoms with Crippen molar-refractivity contribution in [2.24, 2.45) is 5.41 Å². The van der Waals surface area contributed by atoms with E-state index in [1.165, 1.54) is 5.56 Å². The summed E-state index contributed by atoms with van der Waals surface area (Å²) in [5.41, 5.74) is 2.23. The highest BCUT2D eigenvalue weighted by molar-refractivity contribution is 5.49. The van der Waals surface area contributed by atoms with Gasteiger partial charge in [-0.3, -0.25) is 4.98 Å². The summed E-state index contributed by atoms with van der Waals surface area (Å²) in [6, 6.07) is 2.33. The molecular weight excluding hydrogens is 188 g/mol. The molecule has 0 aliphatic heterocycles.